The maximum atomic E-state index is 12.8. The molecular weight excluding hydrogens is 757 g/mol. The van der Waals surface area contributed by atoms with E-state index in [1.807, 2.05) is 0 Å². The zero-order valence-electron chi connectivity index (χ0n) is 42.0. The molecule has 0 N–H and O–H groups in total. The van der Waals surface area contributed by atoms with Crippen LogP contribution >= 0.6 is 0 Å². The van der Waals surface area contributed by atoms with Crippen LogP contribution in [-0.2, 0) is 28.6 Å². The first kappa shape index (κ1) is 59.4. The molecule has 0 aromatic rings. The normalized spacial score (nSPS) is 12.1. The molecule has 0 rings (SSSR count). The van der Waals surface area contributed by atoms with Gasteiger partial charge in [-0.3, -0.25) is 14.4 Å². The summed E-state index contributed by atoms with van der Waals surface area (Å²) in [5.74, 6) is 1.60. The lowest BCUT2D eigenvalue weighted by Gasteiger charge is -2.18. The fraction of sp³-hybridized carbons (Fsp3) is 0.945. The van der Waals surface area contributed by atoms with Gasteiger partial charge in [-0.1, -0.05) is 260 Å². The second-order valence-electron chi connectivity index (χ2n) is 20.3. The molecule has 0 fully saturated rings. The van der Waals surface area contributed by atoms with Gasteiger partial charge in [0.1, 0.15) is 13.2 Å². The number of hydrogen-bond acceptors (Lipinski definition) is 6. The monoisotopic (exact) mass is 863 g/mol. The molecule has 6 heteroatoms. The molecule has 0 saturated carbocycles. The predicted octanol–water partition coefficient (Wildman–Crippen LogP) is 17.6. The van der Waals surface area contributed by atoms with E-state index in [0.717, 1.165) is 75.5 Å². The lowest BCUT2D eigenvalue weighted by atomic mass is 10.0. The third kappa shape index (κ3) is 49.3. The van der Waals surface area contributed by atoms with Crippen molar-refractivity contribution in [2.45, 2.75) is 304 Å². The molecule has 0 unspecified atom stereocenters. The maximum absolute atomic E-state index is 12.8. The Bertz CT molecular complexity index is 945. The lowest BCUT2D eigenvalue weighted by Crippen LogP contribution is -2.30. The minimum atomic E-state index is -0.763. The number of ether oxygens (including phenoxy) is 3. The Morgan fingerprint density at radius 1 is 0.279 bits per heavy atom. The SMILES string of the molecule is CC(C)CCCCCCCCCCCCCCCCCCC(=O)O[C@H](COC(=O)CCCCCCCCCCCCCCC(C)C)COC(=O)CCCCCCCCC(C)C. The largest absolute Gasteiger partial charge is 0.462 e. The van der Waals surface area contributed by atoms with E-state index in [1.165, 1.54) is 180 Å². The first-order valence-corrected chi connectivity index (χ1v) is 27.1. The molecule has 0 aliphatic rings. The van der Waals surface area contributed by atoms with Gasteiger partial charge in [0.25, 0.3) is 0 Å². The third-order valence-corrected chi connectivity index (χ3v) is 12.4. The molecule has 6 nitrogen and oxygen atoms in total. The Balaban J connectivity index is 4.24. The van der Waals surface area contributed by atoms with Gasteiger partial charge in [0.15, 0.2) is 6.10 Å². The molecule has 61 heavy (non-hydrogen) atoms. The highest BCUT2D eigenvalue weighted by Gasteiger charge is 2.19. The van der Waals surface area contributed by atoms with Gasteiger partial charge in [-0.15, -0.1) is 0 Å². The van der Waals surface area contributed by atoms with Crippen molar-refractivity contribution < 1.29 is 28.6 Å². The van der Waals surface area contributed by atoms with E-state index in [9.17, 15) is 14.4 Å². The van der Waals surface area contributed by atoms with Crippen LogP contribution in [0.2, 0.25) is 0 Å². The van der Waals surface area contributed by atoms with Crippen LogP contribution in [0.25, 0.3) is 0 Å². The second kappa shape index (κ2) is 46.4. The summed E-state index contributed by atoms with van der Waals surface area (Å²) in [7, 11) is 0. The van der Waals surface area contributed by atoms with Gasteiger partial charge in [-0.25, -0.2) is 0 Å². The summed E-state index contributed by atoms with van der Waals surface area (Å²) >= 11 is 0. The molecular formula is C55H106O6. The standard InChI is InChI=1S/C55H106O6/c1-49(2)41-35-29-23-19-15-11-9-7-8-10-12-18-22-26-34-40-46-55(58)61-52(48-60-54(57)45-39-33-28-27-31-37-43-51(5)6)47-59-53(56)44-38-32-25-21-17-14-13-16-20-24-30-36-42-50(3)4/h49-52H,7-48H2,1-6H3/t52-/m1/s1. The van der Waals surface area contributed by atoms with Gasteiger partial charge in [0, 0.05) is 19.3 Å². The number of hydrogen-bond donors (Lipinski definition) is 0. The molecule has 0 radical (unpaired) electrons. The van der Waals surface area contributed by atoms with E-state index >= 15 is 0 Å². The Morgan fingerprint density at radius 2 is 0.475 bits per heavy atom. The highest BCUT2D eigenvalue weighted by molar-refractivity contribution is 5.71. The summed E-state index contributed by atoms with van der Waals surface area (Å²) in [5.41, 5.74) is 0. The van der Waals surface area contributed by atoms with E-state index in [-0.39, 0.29) is 31.1 Å². The zero-order chi connectivity index (χ0) is 44.9. The lowest BCUT2D eigenvalue weighted by molar-refractivity contribution is -0.167. The van der Waals surface area contributed by atoms with Crippen LogP contribution in [-0.4, -0.2) is 37.2 Å². The Labute approximate surface area is 380 Å². The Morgan fingerprint density at radius 3 is 0.705 bits per heavy atom. The number of rotatable bonds is 48. The molecule has 0 heterocycles. The summed E-state index contributed by atoms with van der Waals surface area (Å²) in [6.45, 7) is 13.7. The van der Waals surface area contributed by atoms with Gasteiger partial charge >= 0.3 is 17.9 Å². The van der Waals surface area contributed by atoms with Crippen LogP contribution in [0.1, 0.15) is 298 Å². The van der Waals surface area contributed by atoms with Gasteiger partial charge in [0.2, 0.25) is 0 Å². The van der Waals surface area contributed by atoms with Gasteiger partial charge in [0.05, 0.1) is 0 Å². The topological polar surface area (TPSA) is 78.9 Å². The smallest absolute Gasteiger partial charge is 0.306 e. The highest BCUT2D eigenvalue weighted by atomic mass is 16.6. The average Bonchev–Trinajstić information content (AvgIpc) is 3.22. The number of carbonyl (C=O) groups is 3. The summed E-state index contributed by atoms with van der Waals surface area (Å²) in [6.07, 6.45) is 46.8. The van der Waals surface area contributed by atoms with Crippen molar-refractivity contribution >= 4 is 17.9 Å². The third-order valence-electron chi connectivity index (χ3n) is 12.4. The van der Waals surface area contributed by atoms with Crippen molar-refractivity contribution in [2.24, 2.45) is 17.8 Å². The predicted molar refractivity (Wildman–Crippen MR) is 261 cm³/mol. The first-order chi connectivity index (χ1) is 29.6. The molecule has 0 bridgehead atoms. The van der Waals surface area contributed by atoms with E-state index in [1.54, 1.807) is 0 Å². The molecule has 0 amide bonds. The number of esters is 3. The Hall–Kier alpha value is -1.59. The second-order valence-corrected chi connectivity index (χ2v) is 20.3. The molecule has 0 spiro atoms. The van der Waals surface area contributed by atoms with Gasteiger partial charge in [-0.05, 0) is 37.0 Å². The molecule has 0 saturated heterocycles. The van der Waals surface area contributed by atoms with Crippen LogP contribution in [0.15, 0.2) is 0 Å². The summed E-state index contributed by atoms with van der Waals surface area (Å²) < 4.78 is 16.8. The van der Waals surface area contributed by atoms with E-state index in [0.29, 0.717) is 19.3 Å². The van der Waals surface area contributed by atoms with Crippen LogP contribution in [0.5, 0.6) is 0 Å². The molecule has 0 aromatic carbocycles. The Kier molecular flexibility index (Phi) is 45.2. The quantitative estimate of drug-likeness (QED) is 0.0344. The van der Waals surface area contributed by atoms with Gasteiger partial charge < -0.3 is 14.2 Å². The van der Waals surface area contributed by atoms with Crippen molar-refractivity contribution in [2.75, 3.05) is 13.2 Å². The highest BCUT2D eigenvalue weighted by Crippen LogP contribution is 2.18. The molecule has 0 aromatic heterocycles. The maximum Gasteiger partial charge on any atom is 0.306 e. The van der Waals surface area contributed by atoms with Crippen LogP contribution < -0.4 is 0 Å². The molecule has 0 aliphatic carbocycles. The fourth-order valence-electron chi connectivity index (χ4n) is 8.29. The van der Waals surface area contributed by atoms with Crippen molar-refractivity contribution in [3.05, 3.63) is 0 Å². The van der Waals surface area contributed by atoms with Crippen LogP contribution in [0.3, 0.4) is 0 Å². The minimum Gasteiger partial charge on any atom is -0.462 e. The van der Waals surface area contributed by atoms with Crippen molar-refractivity contribution in [1.82, 2.24) is 0 Å². The van der Waals surface area contributed by atoms with Crippen LogP contribution in [0, 0.1) is 17.8 Å². The van der Waals surface area contributed by atoms with E-state index in [4.69, 9.17) is 14.2 Å². The summed E-state index contributed by atoms with van der Waals surface area (Å²) in [5, 5.41) is 0. The minimum absolute atomic E-state index is 0.0650. The fourth-order valence-corrected chi connectivity index (χ4v) is 8.29. The van der Waals surface area contributed by atoms with Crippen molar-refractivity contribution in [1.29, 1.82) is 0 Å². The first-order valence-electron chi connectivity index (χ1n) is 27.1. The molecule has 0 aliphatic heterocycles. The average molecular weight is 863 g/mol. The van der Waals surface area contributed by atoms with Crippen LogP contribution in [0.4, 0.5) is 0 Å². The summed E-state index contributed by atoms with van der Waals surface area (Å²) in [6, 6.07) is 0. The number of carbonyl (C=O) groups excluding carboxylic acids is 3. The van der Waals surface area contributed by atoms with Crippen molar-refractivity contribution in [3.63, 3.8) is 0 Å². The van der Waals surface area contributed by atoms with E-state index < -0.39 is 6.10 Å². The molecule has 1 atom stereocenters. The van der Waals surface area contributed by atoms with Gasteiger partial charge in [-0.2, -0.15) is 0 Å². The molecule has 362 valence electrons. The van der Waals surface area contributed by atoms with Crippen molar-refractivity contribution in [3.8, 4) is 0 Å². The number of unbranched alkanes of at least 4 members (excludes halogenated alkanes) is 31. The zero-order valence-corrected chi connectivity index (χ0v) is 42.0. The van der Waals surface area contributed by atoms with E-state index in [2.05, 4.69) is 41.5 Å². The summed E-state index contributed by atoms with van der Waals surface area (Å²) in [4.78, 5) is 37.9.